The van der Waals surface area contributed by atoms with Crippen molar-refractivity contribution in [1.29, 1.82) is 0 Å². The van der Waals surface area contributed by atoms with Gasteiger partial charge in [-0.1, -0.05) is 27.7 Å². The summed E-state index contributed by atoms with van der Waals surface area (Å²) in [5.41, 5.74) is 1.80. The fourth-order valence-corrected chi connectivity index (χ4v) is 2.61. The van der Waals surface area contributed by atoms with Crippen LogP contribution in [0.25, 0.3) is 0 Å². The van der Waals surface area contributed by atoms with Crippen LogP contribution in [0.3, 0.4) is 0 Å². The van der Waals surface area contributed by atoms with Crippen molar-refractivity contribution < 1.29 is 9.53 Å². The van der Waals surface area contributed by atoms with Crippen molar-refractivity contribution in [3.63, 3.8) is 0 Å². The summed E-state index contributed by atoms with van der Waals surface area (Å²) >= 11 is 0. The highest BCUT2D eigenvalue weighted by atomic mass is 16.5. The molecular formula is C19H32N2O2. The molecule has 0 fully saturated rings. The van der Waals surface area contributed by atoms with Gasteiger partial charge in [-0.15, -0.1) is 0 Å². The number of anilines is 1. The second-order valence-electron chi connectivity index (χ2n) is 5.70. The Morgan fingerprint density at radius 2 is 1.48 bits per heavy atom. The van der Waals surface area contributed by atoms with Crippen molar-refractivity contribution in [3.05, 3.63) is 29.8 Å². The predicted molar refractivity (Wildman–Crippen MR) is 97.3 cm³/mol. The van der Waals surface area contributed by atoms with E-state index < -0.39 is 0 Å². The molecular weight excluding hydrogens is 288 g/mol. The summed E-state index contributed by atoms with van der Waals surface area (Å²) in [6.07, 6.45) is 2.24. The molecule has 1 aromatic carbocycles. The van der Waals surface area contributed by atoms with Crippen LogP contribution in [-0.2, 0) is 4.74 Å². The van der Waals surface area contributed by atoms with Gasteiger partial charge in [-0.2, -0.15) is 0 Å². The van der Waals surface area contributed by atoms with Crippen LogP contribution in [0.1, 0.15) is 50.9 Å². The summed E-state index contributed by atoms with van der Waals surface area (Å²) in [7, 11) is 0. The number of benzene rings is 1. The number of esters is 1. The maximum absolute atomic E-state index is 12.1. The second-order valence-corrected chi connectivity index (χ2v) is 5.70. The van der Waals surface area contributed by atoms with Crippen LogP contribution < -0.4 is 4.90 Å². The largest absolute Gasteiger partial charge is 0.461 e. The topological polar surface area (TPSA) is 32.8 Å². The van der Waals surface area contributed by atoms with E-state index in [0.717, 1.165) is 45.6 Å². The molecule has 0 aliphatic carbocycles. The van der Waals surface area contributed by atoms with Gasteiger partial charge in [0.25, 0.3) is 0 Å². The average Bonchev–Trinajstić information content (AvgIpc) is 2.58. The van der Waals surface area contributed by atoms with E-state index in [4.69, 9.17) is 4.74 Å². The third-order valence-corrected chi connectivity index (χ3v) is 3.99. The van der Waals surface area contributed by atoms with Gasteiger partial charge in [0, 0.05) is 25.3 Å². The van der Waals surface area contributed by atoms with E-state index >= 15 is 0 Å². The summed E-state index contributed by atoms with van der Waals surface area (Å²) in [6.45, 7) is 13.9. The van der Waals surface area contributed by atoms with Gasteiger partial charge in [0.2, 0.25) is 0 Å². The molecule has 0 saturated heterocycles. The molecule has 0 amide bonds. The third kappa shape index (κ3) is 6.61. The molecule has 4 heteroatoms. The zero-order valence-electron chi connectivity index (χ0n) is 15.2. The zero-order valence-corrected chi connectivity index (χ0v) is 15.2. The van der Waals surface area contributed by atoms with E-state index in [2.05, 4.69) is 37.5 Å². The summed E-state index contributed by atoms with van der Waals surface area (Å²) < 4.78 is 5.36. The molecule has 0 aliphatic rings. The number of hydrogen-bond donors (Lipinski definition) is 0. The molecule has 1 aromatic rings. The Labute approximate surface area is 141 Å². The fraction of sp³-hybridized carbons (Fsp3) is 0.632. The van der Waals surface area contributed by atoms with Crippen molar-refractivity contribution in [1.82, 2.24) is 4.90 Å². The normalized spacial score (nSPS) is 10.8. The molecule has 0 radical (unpaired) electrons. The van der Waals surface area contributed by atoms with E-state index in [1.807, 2.05) is 24.3 Å². The SMILES string of the molecule is CCCN(CCC)c1ccc(C(=O)OCCN(CC)CC)cc1. The van der Waals surface area contributed by atoms with Crippen LogP contribution in [0.5, 0.6) is 0 Å². The Balaban J connectivity index is 2.56. The van der Waals surface area contributed by atoms with Crippen molar-refractivity contribution in [2.75, 3.05) is 44.2 Å². The van der Waals surface area contributed by atoms with Gasteiger partial charge in [0.05, 0.1) is 5.56 Å². The van der Waals surface area contributed by atoms with Crippen molar-refractivity contribution in [3.8, 4) is 0 Å². The first-order valence-electron chi connectivity index (χ1n) is 8.90. The highest BCUT2D eigenvalue weighted by molar-refractivity contribution is 5.89. The maximum atomic E-state index is 12.1. The lowest BCUT2D eigenvalue weighted by molar-refractivity contribution is 0.0466. The fourth-order valence-electron chi connectivity index (χ4n) is 2.61. The molecule has 1 rings (SSSR count). The lowest BCUT2D eigenvalue weighted by Crippen LogP contribution is -2.28. The third-order valence-electron chi connectivity index (χ3n) is 3.99. The lowest BCUT2D eigenvalue weighted by Gasteiger charge is -2.23. The number of nitrogens with zero attached hydrogens (tertiary/aromatic N) is 2. The van der Waals surface area contributed by atoms with Gasteiger partial charge in [-0.3, -0.25) is 0 Å². The minimum absolute atomic E-state index is 0.235. The minimum atomic E-state index is -0.235. The van der Waals surface area contributed by atoms with Crippen molar-refractivity contribution in [2.24, 2.45) is 0 Å². The number of hydrogen-bond acceptors (Lipinski definition) is 4. The first-order valence-corrected chi connectivity index (χ1v) is 8.90. The molecule has 0 aliphatic heterocycles. The van der Waals surface area contributed by atoms with Gasteiger partial charge >= 0.3 is 5.97 Å². The standard InChI is InChI=1S/C19H32N2O2/c1-5-13-21(14-6-2)18-11-9-17(10-12-18)19(22)23-16-15-20(7-3)8-4/h9-12H,5-8,13-16H2,1-4H3. The zero-order chi connectivity index (χ0) is 17.1. The smallest absolute Gasteiger partial charge is 0.338 e. The van der Waals surface area contributed by atoms with E-state index in [1.54, 1.807) is 0 Å². The van der Waals surface area contributed by atoms with Crippen molar-refractivity contribution in [2.45, 2.75) is 40.5 Å². The first kappa shape index (κ1) is 19.5. The highest BCUT2D eigenvalue weighted by Gasteiger charge is 2.10. The van der Waals surface area contributed by atoms with Crippen LogP contribution in [0, 0.1) is 0 Å². The van der Waals surface area contributed by atoms with Crippen LogP contribution in [0.15, 0.2) is 24.3 Å². The van der Waals surface area contributed by atoms with Crippen LogP contribution >= 0.6 is 0 Å². The molecule has 0 heterocycles. The Hall–Kier alpha value is -1.55. The predicted octanol–water partition coefficient (Wildman–Crippen LogP) is 3.81. The molecule has 0 N–H and O–H groups in total. The summed E-state index contributed by atoms with van der Waals surface area (Å²) in [5, 5.41) is 0. The average molecular weight is 320 g/mol. The van der Waals surface area contributed by atoms with E-state index in [9.17, 15) is 4.79 Å². The number of ether oxygens (including phenoxy) is 1. The Bertz CT molecular complexity index is 435. The lowest BCUT2D eigenvalue weighted by atomic mass is 10.2. The summed E-state index contributed by atoms with van der Waals surface area (Å²) in [6, 6.07) is 7.78. The Morgan fingerprint density at radius 3 is 1.96 bits per heavy atom. The second kappa shape index (κ2) is 11.1. The Morgan fingerprint density at radius 1 is 0.913 bits per heavy atom. The van der Waals surface area contributed by atoms with Gasteiger partial charge in [-0.25, -0.2) is 4.79 Å². The van der Waals surface area contributed by atoms with Crippen LogP contribution in [-0.4, -0.2) is 50.2 Å². The molecule has 0 saturated carbocycles. The van der Waals surface area contributed by atoms with E-state index in [0.29, 0.717) is 12.2 Å². The summed E-state index contributed by atoms with van der Waals surface area (Å²) in [5.74, 6) is -0.235. The van der Waals surface area contributed by atoms with Gasteiger partial charge in [0.15, 0.2) is 0 Å². The molecule has 130 valence electrons. The van der Waals surface area contributed by atoms with Gasteiger partial charge in [0.1, 0.15) is 6.61 Å². The summed E-state index contributed by atoms with van der Waals surface area (Å²) in [4.78, 5) is 16.7. The van der Waals surface area contributed by atoms with E-state index in [-0.39, 0.29) is 5.97 Å². The maximum Gasteiger partial charge on any atom is 0.338 e. The molecule has 23 heavy (non-hydrogen) atoms. The molecule has 4 nitrogen and oxygen atoms in total. The number of rotatable bonds is 11. The molecule has 0 aromatic heterocycles. The van der Waals surface area contributed by atoms with Crippen LogP contribution in [0.4, 0.5) is 5.69 Å². The molecule has 0 spiro atoms. The minimum Gasteiger partial charge on any atom is -0.461 e. The molecule has 0 atom stereocenters. The van der Waals surface area contributed by atoms with Gasteiger partial charge < -0.3 is 14.5 Å². The monoisotopic (exact) mass is 320 g/mol. The van der Waals surface area contributed by atoms with Crippen molar-refractivity contribution >= 4 is 11.7 Å². The number of carbonyl (C=O) groups is 1. The van der Waals surface area contributed by atoms with Gasteiger partial charge in [-0.05, 0) is 50.2 Å². The highest BCUT2D eigenvalue weighted by Crippen LogP contribution is 2.16. The quantitative estimate of drug-likeness (QED) is 0.580. The molecule has 0 bridgehead atoms. The number of carbonyl (C=O) groups excluding carboxylic acids is 1. The number of likely N-dealkylation sites (N-methyl/N-ethyl adjacent to an activating group) is 1. The molecule has 0 unspecified atom stereocenters. The van der Waals surface area contributed by atoms with E-state index in [1.165, 1.54) is 5.69 Å². The Kier molecular flexibility index (Phi) is 9.37. The van der Waals surface area contributed by atoms with Crippen LogP contribution in [0.2, 0.25) is 0 Å². The first-order chi connectivity index (χ1) is 11.2.